The average molecular weight is 248 g/mol. The SMILES string of the molecule is CCCC(C)(C)NC(=O)c1cccc(CCN)c1. The first-order valence-electron chi connectivity index (χ1n) is 6.60. The summed E-state index contributed by atoms with van der Waals surface area (Å²) in [4.78, 5) is 12.1. The fraction of sp³-hybridized carbons (Fsp3) is 0.533. The molecular weight excluding hydrogens is 224 g/mol. The fourth-order valence-electron chi connectivity index (χ4n) is 2.10. The minimum Gasteiger partial charge on any atom is -0.347 e. The molecule has 0 bridgehead atoms. The van der Waals surface area contributed by atoms with Crippen LogP contribution < -0.4 is 11.1 Å². The van der Waals surface area contributed by atoms with Crippen LogP contribution in [0.3, 0.4) is 0 Å². The lowest BCUT2D eigenvalue weighted by Crippen LogP contribution is -2.43. The second kappa shape index (κ2) is 6.55. The molecule has 0 atom stereocenters. The van der Waals surface area contributed by atoms with Crippen LogP contribution in [0.1, 0.15) is 49.5 Å². The third kappa shape index (κ3) is 4.49. The van der Waals surface area contributed by atoms with Gasteiger partial charge in [0.15, 0.2) is 0 Å². The molecule has 0 aromatic heterocycles. The molecule has 0 spiro atoms. The molecule has 1 amide bonds. The fourth-order valence-corrected chi connectivity index (χ4v) is 2.10. The van der Waals surface area contributed by atoms with Gasteiger partial charge in [-0.05, 0) is 50.9 Å². The largest absolute Gasteiger partial charge is 0.347 e. The lowest BCUT2D eigenvalue weighted by atomic mass is 9.98. The Morgan fingerprint density at radius 1 is 1.39 bits per heavy atom. The summed E-state index contributed by atoms with van der Waals surface area (Å²) in [6, 6.07) is 7.68. The molecule has 1 aromatic carbocycles. The van der Waals surface area contributed by atoms with Crippen molar-refractivity contribution in [2.75, 3.05) is 6.54 Å². The summed E-state index contributed by atoms with van der Waals surface area (Å²) < 4.78 is 0. The Morgan fingerprint density at radius 2 is 2.11 bits per heavy atom. The predicted molar refractivity (Wildman–Crippen MR) is 75.7 cm³/mol. The number of rotatable bonds is 6. The van der Waals surface area contributed by atoms with Gasteiger partial charge >= 0.3 is 0 Å². The monoisotopic (exact) mass is 248 g/mol. The van der Waals surface area contributed by atoms with Crippen LogP contribution in [-0.4, -0.2) is 18.0 Å². The first-order valence-corrected chi connectivity index (χ1v) is 6.60. The Balaban J connectivity index is 2.75. The third-order valence-corrected chi connectivity index (χ3v) is 2.95. The molecule has 1 aromatic rings. The van der Waals surface area contributed by atoms with Crippen LogP contribution in [-0.2, 0) is 6.42 Å². The second-order valence-electron chi connectivity index (χ2n) is 5.33. The Hall–Kier alpha value is -1.35. The zero-order valence-corrected chi connectivity index (χ0v) is 11.6. The van der Waals surface area contributed by atoms with E-state index in [0.29, 0.717) is 12.1 Å². The summed E-state index contributed by atoms with van der Waals surface area (Å²) in [5, 5.41) is 3.07. The van der Waals surface area contributed by atoms with Crippen molar-refractivity contribution >= 4 is 5.91 Å². The van der Waals surface area contributed by atoms with Crippen molar-refractivity contribution in [3.8, 4) is 0 Å². The minimum absolute atomic E-state index is 0.00711. The molecule has 3 nitrogen and oxygen atoms in total. The van der Waals surface area contributed by atoms with E-state index in [1.165, 1.54) is 0 Å². The van der Waals surface area contributed by atoms with E-state index >= 15 is 0 Å². The quantitative estimate of drug-likeness (QED) is 0.812. The van der Waals surface area contributed by atoms with Gasteiger partial charge in [0.2, 0.25) is 0 Å². The summed E-state index contributed by atoms with van der Waals surface area (Å²) >= 11 is 0. The molecule has 3 heteroatoms. The molecule has 100 valence electrons. The summed E-state index contributed by atoms with van der Waals surface area (Å²) in [6.45, 7) is 6.83. The maximum absolute atomic E-state index is 12.1. The van der Waals surface area contributed by atoms with Gasteiger partial charge in [-0.25, -0.2) is 0 Å². The van der Waals surface area contributed by atoms with Gasteiger partial charge in [-0.15, -0.1) is 0 Å². The van der Waals surface area contributed by atoms with E-state index in [0.717, 1.165) is 24.8 Å². The molecule has 0 unspecified atom stereocenters. The maximum Gasteiger partial charge on any atom is 0.251 e. The van der Waals surface area contributed by atoms with Gasteiger partial charge < -0.3 is 11.1 Å². The Kier molecular flexibility index (Phi) is 5.35. The van der Waals surface area contributed by atoms with E-state index in [4.69, 9.17) is 5.73 Å². The third-order valence-electron chi connectivity index (χ3n) is 2.95. The number of nitrogens with one attached hydrogen (secondary N) is 1. The van der Waals surface area contributed by atoms with E-state index in [1.54, 1.807) is 0 Å². The number of benzene rings is 1. The van der Waals surface area contributed by atoms with Crippen molar-refractivity contribution in [3.63, 3.8) is 0 Å². The molecule has 0 radical (unpaired) electrons. The van der Waals surface area contributed by atoms with Gasteiger partial charge in [0.1, 0.15) is 0 Å². The lowest BCUT2D eigenvalue weighted by Gasteiger charge is -2.25. The smallest absolute Gasteiger partial charge is 0.251 e. The first-order chi connectivity index (χ1) is 8.48. The molecule has 3 N–H and O–H groups in total. The Labute approximate surface area is 110 Å². The van der Waals surface area contributed by atoms with E-state index in [-0.39, 0.29) is 11.4 Å². The average Bonchev–Trinajstić information content (AvgIpc) is 2.29. The normalized spacial score (nSPS) is 11.3. The van der Waals surface area contributed by atoms with Crippen LogP contribution in [0.4, 0.5) is 0 Å². The summed E-state index contributed by atoms with van der Waals surface area (Å²) in [6.07, 6.45) is 2.83. The molecule has 0 heterocycles. The molecule has 0 fully saturated rings. The van der Waals surface area contributed by atoms with E-state index in [1.807, 2.05) is 24.3 Å². The van der Waals surface area contributed by atoms with Gasteiger partial charge in [-0.2, -0.15) is 0 Å². The second-order valence-corrected chi connectivity index (χ2v) is 5.33. The highest BCUT2D eigenvalue weighted by Gasteiger charge is 2.19. The molecular formula is C15H24N2O. The summed E-state index contributed by atoms with van der Waals surface area (Å²) in [7, 11) is 0. The Bertz CT molecular complexity index is 399. The summed E-state index contributed by atoms with van der Waals surface area (Å²) in [5.74, 6) is -0.00711. The molecule has 18 heavy (non-hydrogen) atoms. The van der Waals surface area contributed by atoms with Crippen LogP contribution in [0.15, 0.2) is 24.3 Å². The minimum atomic E-state index is -0.157. The zero-order chi connectivity index (χ0) is 13.6. The highest BCUT2D eigenvalue weighted by atomic mass is 16.1. The summed E-state index contributed by atoms with van der Waals surface area (Å²) in [5.41, 5.74) is 7.19. The van der Waals surface area contributed by atoms with Crippen LogP contribution in [0.2, 0.25) is 0 Å². The lowest BCUT2D eigenvalue weighted by molar-refractivity contribution is 0.0909. The molecule has 0 saturated heterocycles. The highest BCUT2D eigenvalue weighted by molar-refractivity contribution is 5.94. The van der Waals surface area contributed by atoms with Gasteiger partial charge in [0.25, 0.3) is 5.91 Å². The number of amides is 1. The number of hydrogen-bond donors (Lipinski definition) is 2. The van der Waals surface area contributed by atoms with E-state index in [9.17, 15) is 4.79 Å². The van der Waals surface area contributed by atoms with Crippen LogP contribution >= 0.6 is 0 Å². The van der Waals surface area contributed by atoms with Gasteiger partial charge in [0, 0.05) is 11.1 Å². The number of hydrogen-bond acceptors (Lipinski definition) is 2. The van der Waals surface area contributed by atoms with Gasteiger partial charge in [-0.3, -0.25) is 4.79 Å². The van der Waals surface area contributed by atoms with Gasteiger partial charge in [-0.1, -0.05) is 25.5 Å². The predicted octanol–water partition coefficient (Wildman–Crippen LogP) is 2.50. The topological polar surface area (TPSA) is 55.1 Å². The van der Waals surface area contributed by atoms with Crippen molar-refractivity contribution in [1.82, 2.24) is 5.32 Å². The first kappa shape index (κ1) is 14.7. The highest BCUT2D eigenvalue weighted by Crippen LogP contribution is 2.13. The zero-order valence-electron chi connectivity index (χ0n) is 11.6. The molecule has 0 aliphatic heterocycles. The van der Waals surface area contributed by atoms with E-state index < -0.39 is 0 Å². The van der Waals surface area contributed by atoms with Crippen LogP contribution in [0, 0.1) is 0 Å². The van der Waals surface area contributed by atoms with Crippen molar-refractivity contribution < 1.29 is 4.79 Å². The van der Waals surface area contributed by atoms with Crippen molar-refractivity contribution in [2.24, 2.45) is 5.73 Å². The van der Waals surface area contributed by atoms with Crippen molar-refractivity contribution in [1.29, 1.82) is 0 Å². The van der Waals surface area contributed by atoms with E-state index in [2.05, 4.69) is 26.1 Å². The molecule has 0 aliphatic carbocycles. The maximum atomic E-state index is 12.1. The number of nitrogens with two attached hydrogens (primary N) is 1. The molecule has 1 rings (SSSR count). The number of carbonyl (C=O) groups is 1. The van der Waals surface area contributed by atoms with Crippen LogP contribution in [0.5, 0.6) is 0 Å². The van der Waals surface area contributed by atoms with Gasteiger partial charge in [0.05, 0.1) is 0 Å². The van der Waals surface area contributed by atoms with Crippen molar-refractivity contribution in [2.45, 2.75) is 45.6 Å². The Morgan fingerprint density at radius 3 is 2.72 bits per heavy atom. The number of carbonyl (C=O) groups excluding carboxylic acids is 1. The van der Waals surface area contributed by atoms with Crippen molar-refractivity contribution in [3.05, 3.63) is 35.4 Å². The molecule has 0 saturated carbocycles. The standard InChI is InChI=1S/C15H24N2O/c1-4-9-15(2,3)17-14(18)13-7-5-6-12(11-13)8-10-16/h5-7,11H,4,8-10,16H2,1-3H3,(H,17,18). The van der Waals surface area contributed by atoms with Crippen LogP contribution in [0.25, 0.3) is 0 Å². The molecule has 0 aliphatic rings.